The smallest absolute Gasteiger partial charge is 0.165 e. The predicted molar refractivity (Wildman–Crippen MR) is 77.7 cm³/mol. The molecule has 1 aliphatic carbocycles. The molecule has 2 unspecified atom stereocenters. The van der Waals surface area contributed by atoms with Crippen molar-refractivity contribution in [2.45, 2.75) is 46.0 Å². The maximum atomic E-state index is 12.4. The van der Waals surface area contributed by atoms with Gasteiger partial charge in [-0.05, 0) is 49.4 Å². The summed E-state index contributed by atoms with van der Waals surface area (Å²) < 4.78 is 5.54. The Labute approximate surface area is 116 Å². The Bertz CT molecular complexity index is 408. The van der Waals surface area contributed by atoms with Gasteiger partial charge in [0.15, 0.2) is 5.78 Å². The molecule has 1 saturated carbocycles. The van der Waals surface area contributed by atoms with Crippen LogP contribution < -0.4 is 4.74 Å². The number of hydrogen-bond donors (Lipinski definition) is 0. The van der Waals surface area contributed by atoms with Crippen molar-refractivity contribution >= 4 is 5.78 Å². The molecule has 2 nitrogen and oxygen atoms in total. The molecule has 1 aromatic carbocycles. The van der Waals surface area contributed by atoms with Crippen molar-refractivity contribution in [1.29, 1.82) is 0 Å². The zero-order valence-electron chi connectivity index (χ0n) is 12.0. The Morgan fingerprint density at radius 2 is 2.00 bits per heavy atom. The fourth-order valence-corrected chi connectivity index (χ4v) is 2.84. The first kappa shape index (κ1) is 14.1. The van der Waals surface area contributed by atoms with Gasteiger partial charge in [0.2, 0.25) is 0 Å². The second-order valence-corrected chi connectivity index (χ2v) is 5.71. The summed E-state index contributed by atoms with van der Waals surface area (Å²) in [5.74, 6) is 2.09. The van der Waals surface area contributed by atoms with Crippen molar-refractivity contribution in [1.82, 2.24) is 0 Å². The summed E-state index contributed by atoms with van der Waals surface area (Å²) >= 11 is 0. The van der Waals surface area contributed by atoms with E-state index in [0.29, 0.717) is 11.7 Å². The molecule has 0 bridgehead atoms. The fourth-order valence-electron chi connectivity index (χ4n) is 2.84. The van der Waals surface area contributed by atoms with E-state index in [1.54, 1.807) is 0 Å². The molecular weight excluding hydrogens is 236 g/mol. The van der Waals surface area contributed by atoms with Crippen molar-refractivity contribution < 1.29 is 9.53 Å². The number of benzene rings is 1. The molecule has 0 spiro atoms. The summed E-state index contributed by atoms with van der Waals surface area (Å²) in [5.41, 5.74) is 0.836. The van der Waals surface area contributed by atoms with Crippen LogP contribution in [-0.4, -0.2) is 12.4 Å². The summed E-state index contributed by atoms with van der Waals surface area (Å²) in [4.78, 5) is 12.4. The summed E-state index contributed by atoms with van der Waals surface area (Å²) in [6.45, 7) is 5.07. The van der Waals surface area contributed by atoms with Crippen LogP contribution in [0.3, 0.4) is 0 Å². The van der Waals surface area contributed by atoms with Crippen molar-refractivity contribution in [3.8, 4) is 5.75 Å². The summed E-state index contributed by atoms with van der Waals surface area (Å²) in [5, 5.41) is 0. The van der Waals surface area contributed by atoms with Gasteiger partial charge >= 0.3 is 0 Å². The molecule has 1 aromatic rings. The molecule has 0 saturated heterocycles. The van der Waals surface area contributed by atoms with Gasteiger partial charge in [-0.2, -0.15) is 0 Å². The Hall–Kier alpha value is -1.31. The molecule has 0 radical (unpaired) electrons. The van der Waals surface area contributed by atoms with Gasteiger partial charge in [-0.15, -0.1) is 0 Å². The summed E-state index contributed by atoms with van der Waals surface area (Å²) in [6, 6.07) is 7.64. The van der Waals surface area contributed by atoms with Crippen molar-refractivity contribution in [3.05, 3.63) is 29.8 Å². The highest BCUT2D eigenvalue weighted by molar-refractivity contribution is 5.98. The monoisotopic (exact) mass is 260 g/mol. The minimum Gasteiger partial charge on any atom is -0.494 e. The lowest BCUT2D eigenvalue weighted by atomic mass is 9.79. The van der Waals surface area contributed by atoms with Gasteiger partial charge in [0, 0.05) is 11.5 Å². The van der Waals surface area contributed by atoms with Crippen LogP contribution in [0.25, 0.3) is 0 Å². The molecule has 1 aliphatic rings. The van der Waals surface area contributed by atoms with Crippen LogP contribution in [0.1, 0.15) is 56.3 Å². The number of hydrogen-bond acceptors (Lipinski definition) is 2. The SMILES string of the molecule is CCCOc1ccc(C(=O)C2CCCC(C)C2)cc1. The van der Waals surface area contributed by atoms with E-state index in [0.717, 1.165) is 37.2 Å². The molecule has 0 amide bonds. The molecule has 0 N–H and O–H groups in total. The number of ether oxygens (including phenoxy) is 1. The minimum atomic E-state index is 0.228. The average Bonchev–Trinajstić information content (AvgIpc) is 2.45. The third-order valence-electron chi connectivity index (χ3n) is 3.92. The van der Waals surface area contributed by atoms with Crippen LogP contribution in [0.2, 0.25) is 0 Å². The van der Waals surface area contributed by atoms with Gasteiger partial charge in [-0.25, -0.2) is 0 Å². The second-order valence-electron chi connectivity index (χ2n) is 5.71. The van der Waals surface area contributed by atoms with E-state index in [1.807, 2.05) is 24.3 Å². The fraction of sp³-hybridized carbons (Fsp3) is 0.588. The molecular formula is C17H24O2. The predicted octanol–water partition coefficient (Wildman–Crippen LogP) is 4.48. The van der Waals surface area contributed by atoms with Gasteiger partial charge in [-0.3, -0.25) is 4.79 Å². The first-order chi connectivity index (χ1) is 9.20. The van der Waals surface area contributed by atoms with E-state index in [1.165, 1.54) is 12.8 Å². The maximum Gasteiger partial charge on any atom is 0.165 e. The molecule has 2 rings (SSSR count). The first-order valence-corrected chi connectivity index (χ1v) is 7.47. The Morgan fingerprint density at radius 1 is 1.26 bits per heavy atom. The molecule has 0 heterocycles. The molecule has 2 heteroatoms. The molecule has 0 aliphatic heterocycles. The Morgan fingerprint density at radius 3 is 2.63 bits per heavy atom. The van der Waals surface area contributed by atoms with Crippen LogP contribution >= 0.6 is 0 Å². The molecule has 0 aromatic heterocycles. The number of carbonyl (C=O) groups is 1. The Balaban J connectivity index is 1.98. The number of carbonyl (C=O) groups excluding carboxylic acids is 1. The highest BCUT2D eigenvalue weighted by Crippen LogP contribution is 2.31. The average molecular weight is 260 g/mol. The number of rotatable bonds is 5. The van der Waals surface area contributed by atoms with Crippen molar-refractivity contribution in [3.63, 3.8) is 0 Å². The zero-order chi connectivity index (χ0) is 13.7. The second kappa shape index (κ2) is 6.74. The summed E-state index contributed by atoms with van der Waals surface area (Å²) in [6.07, 6.45) is 5.56. The van der Waals surface area contributed by atoms with E-state index in [9.17, 15) is 4.79 Å². The molecule has 19 heavy (non-hydrogen) atoms. The number of Topliss-reactive ketones (excluding diaryl/α,β-unsaturated/α-hetero) is 1. The van der Waals surface area contributed by atoms with E-state index in [2.05, 4.69) is 13.8 Å². The third kappa shape index (κ3) is 3.82. The standard InChI is InChI=1S/C17H24O2/c1-3-11-19-16-9-7-14(8-10-16)17(18)15-6-4-5-13(2)12-15/h7-10,13,15H,3-6,11-12H2,1-2H3. The van der Waals surface area contributed by atoms with Gasteiger partial charge < -0.3 is 4.74 Å². The van der Waals surface area contributed by atoms with E-state index in [4.69, 9.17) is 4.74 Å². The minimum absolute atomic E-state index is 0.228. The van der Waals surface area contributed by atoms with Crippen LogP contribution in [0.5, 0.6) is 5.75 Å². The van der Waals surface area contributed by atoms with Gasteiger partial charge in [0.1, 0.15) is 5.75 Å². The van der Waals surface area contributed by atoms with Crippen LogP contribution in [0, 0.1) is 11.8 Å². The quantitative estimate of drug-likeness (QED) is 0.729. The number of ketones is 1. The molecule has 104 valence electrons. The van der Waals surface area contributed by atoms with E-state index >= 15 is 0 Å². The van der Waals surface area contributed by atoms with Gasteiger partial charge in [0.05, 0.1) is 6.61 Å². The van der Waals surface area contributed by atoms with Gasteiger partial charge in [-0.1, -0.05) is 26.7 Å². The lowest BCUT2D eigenvalue weighted by Crippen LogP contribution is -2.21. The highest BCUT2D eigenvalue weighted by atomic mass is 16.5. The third-order valence-corrected chi connectivity index (χ3v) is 3.92. The van der Waals surface area contributed by atoms with E-state index in [-0.39, 0.29) is 5.92 Å². The first-order valence-electron chi connectivity index (χ1n) is 7.47. The largest absolute Gasteiger partial charge is 0.494 e. The van der Waals surface area contributed by atoms with Crippen molar-refractivity contribution in [2.75, 3.05) is 6.61 Å². The van der Waals surface area contributed by atoms with Crippen LogP contribution in [-0.2, 0) is 0 Å². The highest BCUT2D eigenvalue weighted by Gasteiger charge is 2.25. The zero-order valence-corrected chi connectivity index (χ0v) is 12.0. The lowest BCUT2D eigenvalue weighted by Gasteiger charge is -2.25. The van der Waals surface area contributed by atoms with Crippen LogP contribution in [0.15, 0.2) is 24.3 Å². The van der Waals surface area contributed by atoms with Crippen LogP contribution in [0.4, 0.5) is 0 Å². The van der Waals surface area contributed by atoms with Gasteiger partial charge in [0.25, 0.3) is 0 Å². The Kier molecular flexibility index (Phi) is 5.00. The molecule has 1 fully saturated rings. The topological polar surface area (TPSA) is 26.3 Å². The van der Waals surface area contributed by atoms with E-state index < -0.39 is 0 Å². The normalized spacial score (nSPS) is 23.1. The lowest BCUT2D eigenvalue weighted by molar-refractivity contribution is 0.0868. The van der Waals surface area contributed by atoms with Crippen molar-refractivity contribution in [2.24, 2.45) is 11.8 Å². The maximum absolute atomic E-state index is 12.4. The summed E-state index contributed by atoms with van der Waals surface area (Å²) in [7, 11) is 0. The molecule has 2 atom stereocenters.